The van der Waals surface area contributed by atoms with Crippen molar-refractivity contribution in [2.24, 2.45) is 10.7 Å². The van der Waals surface area contributed by atoms with Gasteiger partial charge in [0.15, 0.2) is 5.96 Å². The second-order valence-electron chi connectivity index (χ2n) is 4.15. The Kier molecular flexibility index (Phi) is 6.69. The maximum absolute atomic E-state index is 5.70. The summed E-state index contributed by atoms with van der Waals surface area (Å²) in [6, 6.07) is 8.14. The van der Waals surface area contributed by atoms with E-state index >= 15 is 0 Å². The number of methoxy groups -OCH3 is 1. The zero-order valence-electron chi connectivity index (χ0n) is 11.3. The van der Waals surface area contributed by atoms with Crippen molar-refractivity contribution in [3.63, 3.8) is 0 Å². The maximum atomic E-state index is 5.70. The average molecular weight is 249 g/mol. The van der Waals surface area contributed by atoms with E-state index in [-0.39, 0.29) is 0 Å². The third-order valence-electron chi connectivity index (χ3n) is 2.59. The average Bonchev–Trinajstić information content (AvgIpc) is 2.41. The first-order valence-corrected chi connectivity index (χ1v) is 6.43. The van der Waals surface area contributed by atoms with Gasteiger partial charge in [0.2, 0.25) is 0 Å². The maximum Gasteiger partial charge on any atom is 0.188 e. The Morgan fingerprint density at radius 2 is 2.28 bits per heavy atom. The number of aliphatic imine (C=N–C) groups is 1. The Morgan fingerprint density at radius 1 is 1.44 bits per heavy atom. The molecule has 0 amide bonds. The summed E-state index contributed by atoms with van der Waals surface area (Å²) in [5, 5.41) is 3.11. The molecule has 3 N–H and O–H groups in total. The molecular formula is C14H23N3O. The van der Waals surface area contributed by atoms with Crippen molar-refractivity contribution in [1.82, 2.24) is 5.32 Å². The van der Waals surface area contributed by atoms with E-state index in [9.17, 15) is 0 Å². The van der Waals surface area contributed by atoms with Crippen molar-refractivity contribution < 1.29 is 4.74 Å². The van der Waals surface area contributed by atoms with Crippen LogP contribution in [0.4, 0.5) is 0 Å². The molecule has 0 spiro atoms. The molecule has 100 valence electrons. The summed E-state index contributed by atoms with van der Waals surface area (Å²) in [7, 11) is 1.69. The Labute approximate surface area is 109 Å². The van der Waals surface area contributed by atoms with Crippen LogP contribution < -0.4 is 15.8 Å². The summed E-state index contributed by atoms with van der Waals surface area (Å²) >= 11 is 0. The zero-order chi connectivity index (χ0) is 13.2. The predicted octanol–water partition coefficient (Wildman–Crippen LogP) is 1.94. The minimum absolute atomic E-state index is 0.544. The lowest BCUT2D eigenvalue weighted by Gasteiger charge is -2.06. The van der Waals surface area contributed by atoms with Crippen LogP contribution in [0.5, 0.6) is 5.75 Å². The van der Waals surface area contributed by atoms with Crippen LogP contribution in [-0.2, 0) is 6.42 Å². The van der Waals surface area contributed by atoms with Gasteiger partial charge in [-0.3, -0.25) is 4.99 Å². The number of nitrogens with two attached hydrogens (primary N) is 1. The van der Waals surface area contributed by atoms with E-state index in [2.05, 4.69) is 29.4 Å². The van der Waals surface area contributed by atoms with Crippen molar-refractivity contribution in [3.05, 3.63) is 29.8 Å². The molecule has 4 nitrogen and oxygen atoms in total. The summed E-state index contributed by atoms with van der Waals surface area (Å²) in [4.78, 5) is 4.18. The fourth-order valence-electron chi connectivity index (χ4n) is 1.63. The van der Waals surface area contributed by atoms with Gasteiger partial charge in [0.25, 0.3) is 0 Å². The second-order valence-corrected chi connectivity index (χ2v) is 4.15. The molecule has 0 aromatic heterocycles. The monoisotopic (exact) mass is 249 g/mol. The van der Waals surface area contributed by atoms with Gasteiger partial charge in [0.1, 0.15) is 5.75 Å². The van der Waals surface area contributed by atoms with Crippen molar-refractivity contribution in [2.45, 2.75) is 26.2 Å². The van der Waals surface area contributed by atoms with Gasteiger partial charge >= 0.3 is 0 Å². The molecule has 0 heterocycles. The molecule has 0 unspecified atom stereocenters. The minimum atomic E-state index is 0.544. The van der Waals surface area contributed by atoms with Gasteiger partial charge < -0.3 is 15.8 Å². The first kappa shape index (κ1) is 14.4. The number of rotatable bonds is 7. The lowest BCUT2D eigenvalue weighted by Crippen LogP contribution is -2.32. The Morgan fingerprint density at radius 3 is 3.00 bits per heavy atom. The fourth-order valence-corrected chi connectivity index (χ4v) is 1.63. The molecule has 0 radical (unpaired) electrons. The van der Waals surface area contributed by atoms with E-state index in [4.69, 9.17) is 10.5 Å². The number of ether oxygens (including phenoxy) is 1. The van der Waals surface area contributed by atoms with E-state index in [1.807, 2.05) is 12.1 Å². The molecule has 0 atom stereocenters. The molecule has 1 aromatic rings. The number of nitrogens with one attached hydrogen (secondary N) is 1. The molecule has 0 aliphatic rings. The minimum Gasteiger partial charge on any atom is -0.497 e. The van der Waals surface area contributed by atoms with Crippen LogP contribution >= 0.6 is 0 Å². The molecule has 0 saturated heterocycles. The molecule has 18 heavy (non-hydrogen) atoms. The molecule has 0 bridgehead atoms. The predicted molar refractivity (Wildman–Crippen MR) is 76.1 cm³/mol. The normalized spacial score (nSPS) is 11.3. The van der Waals surface area contributed by atoms with E-state index in [1.54, 1.807) is 7.11 Å². The molecule has 0 aliphatic carbocycles. The highest BCUT2D eigenvalue weighted by Gasteiger charge is 1.96. The number of benzene rings is 1. The SMILES string of the molecule is CCCN=C(N)NCCCc1cccc(OC)c1. The van der Waals surface area contributed by atoms with Crippen LogP contribution in [0.3, 0.4) is 0 Å². The van der Waals surface area contributed by atoms with Crippen LogP contribution in [0.1, 0.15) is 25.3 Å². The van der Waals surface area contributed by atoms with E-state index in [0.717, 1.165) is 38.1 Å². The Balaban J connectivity index is 2.25. The summed E-state index contributed by atoms with van der Waals surface area (Å²) in [6.07, 6.45) is 3.05. The highest BCUT2D eigenvalue weighted by Crippen LogP contribution is 2.13. The summed E-state index contributed by atoms with van der Waals surface area (Å²) < 4.78 is 5.19. The van der Waals surface area contributed by atoms with Gasteiger partial charge in [-0.1, -0.05) is 19.1 Å². The summed E-state index contributed by atoms with van der Waals surface area (Å²) in [5.74, 6) is 1.45. The van der Waals surface area contributed by atoms with Gasteiger partial charge in [-0.25, -0.2) is 0 Å². The van der Waals surface area contributed by atoms with Gasteiger partial charge in [-0.2, -0.15) is 0 Å². The Hall–Kier alpha value is -1.71. The van der Waals surface area contributed by atoms with Gasteiger partial charge in [0.05, 0.1) is 7.11 Å². The molecule has 4 heteroatoms. The number of aryl methyl sites for hydroxylation is 1. The fraction of sp³-hybridized carbons (Fsp3) is 0.500. The second kappa shape index (κ2) is 8.39. The summed E-state index contributed by atoms with van der Waals surface area (Å²) in [5.41, 5.74) is 6.98. The third kappa shape index (κ3) is 5.57. The van der Waals surface area contributed by atoms with Crippen LogP contribution in [0.15, 0.2) is 29.3 Å². The van der Waals surface area contributed by atoms with Crippen molar-refractivity contribution in [2.75, 3.05) is 20.2 Å². The van der Waals surface area contributed by atoms with Gasteiger partial charge in [-0.05, 0) is 37.0 Å². The Bertz CT molecular complexity index is 377. The lowest BCUT2D eigenvalue weighted by molar-refractivity contribution is 0.414. The van der Waals surface area contributed by atoms with E-state index in [0.29, 0.717) is 5.96 Å². The number of nitrogens with zero attached hydrogens (tertiary/aromatic N) is 1. The molecular weight excluding hydrogens is 226 g/mol. The van der Waals surface area contributed by atoms with Crippen LogP contribution in [-0.4, -0.2) is 26.2 Å². The molecule has 1 rings (SSSR count). The molecule has 0 saturated carbocycles. The first-order chi connectivity index (χ1) is 8.76. The number of guanidine groups is 1. The van der Waals surface area contributed by atoms with Crippen LogP contribution in [0.2, 0.25) is 0 Å². The first-order valence-electron chi connectivity index (χ1n) is 6.43. The van der Waals surface area contributed by atoms with Gasteiger partial charge in [0, 0.05) is 13.1 Å². The van der Waals surface area contributed by atoms with Crippen LogP contribution in [0.25, 0.3) is 0 Å². The van der Waals surface area contributed by atoms with Crippen molar-refractivity contribution >= 4 is 5.96 Å². The zero-order valence-corrected chi connectivity index (χ0v) is 11.3. The quantitative estimate of drug-likeness (QED) is 0.441. The van der Waals surface area contributed by atoms with Crippen LogP contribution in [0, 0.1) is 0 Å². The molecule has 0 fully saturated rings. The standard InChI is InChI=1S/C14H23N3O/c1-3-9-16-14(15)17-10-5-7-12-6-4-8-13(11-12)18-2/h4,6,8,11H,3,5,7,9-10H2,1-2H3,(H3,15,16,17). The largest absolute Gasteiger partial charge is 0.497 e. The lowest BCUT2D eigenvalue weighted by atomic mass is 10.1. The van der Waals surface area contributed by atoms with E-state index < -0.39 is 0 Å². The highest BCUT2D eigenvalue weighted by atomic mass is 16.5. The highest BCUT2D eigenvalue weighted by molar-refractivity contribution is 5.77. The third-order valence-corrected chi connectivity index (χ3v) is 2.59. The molecule has 1 aromatic carbocycles. The number of hydrogen-bond acceptors (Lipinski definition) is 2. The van der Waals surface area contributed by atoms with E-state index in [1.165, 1.54) is 5.56 Å². The smallest absolute Gasteiger partial charge is 0.188 e. The molecule has 0 aliphatic heterocycles. The van der Waals surface area contributed by atoms with Crippen molar-refractivity contribution in [3.8, 4) is 5.75 Å². The van der Waals surface area contributed by atoms with Crippen molar-refractivity contribution in [1.29, 1.82) is 0 Å². The number of hydrogen-bond donors (Lipinski definition) is 2. The summed E-state index contributed by atoms with van der Waals surface area (Å²) in [6.45, 7) is 3.71. The van der Waals surface area contributed by atoms with Gasteiger partial charge in [-0.15, -0.1) is 0 Å². The topological polar surface area (TPSA) is 59.6 Å².